The molecular formula is C26H30ClFN4O. The Hall–Kier alpha value is -2.99. The second-order valence-corrected chi connectivity index (χ2v) is 8.65. The van der Waals surface area contributed by atoms with Gasteiger partial charge in [0.1, 0.15) is 11.6 Å². The normalized spacial score (nSPS) is 17.3. The molecule has 1 saturated carbocycles. The summed E-state index contributed by atoms with van der Waals surface area (Å²) in [5.41, 5.74) is 3.37. The summed E-state index contributed by atoms with van der Waals surface area (Å²) >= 11 is 6.46. The summed E-state index contributed by atoms with van der Waals surface area (Å²) in [4.78, 5) is 21.1. The number of halogens is 2. The molecule has 0 saturated heterocycles. The average Bonchev–Trinajstić information content (AvgIpc) is 3.27. The highest BCUT2D eigenvalue weighted by atomic mass is 35.5. The topological polar surface area (TPSA) is 66.9 Å². The molecule has 2 heterocycles. The first kappa shape index (κ1) is 24.6. The minimum Gasteiger partial charge on any atom is -0.366 e. The number of nitrogens with one attached hydrogen (secondary N) is 2. The van der Waals surface area contributed by atoms with Gasteiger partial charge in [-0.1, -0.05) is 37.2 Å². The lowest BCUT2D eigenvalue weighted by Crippen LogP contribution is -2.25. The first-order chi connectivity index (χ1) is 15.5. The number of amides is 1. The van der Waals surface area contributed by atoms with Crippen LogP contribution in [0.1, 0.15) is 37.9 Å². The van der Waals surface area contributed by atoms with Crippen molar-refractivity contribution >= 4 is 23.3 Å². The molecule has 1 fully saturated rings. The molecule has 0 radical (unpaired) electrons. The van der Waals surface area contributed by atoms with Gasteiger partial charge in [0.2, 0.25) is 5.91 Å². The maximum atomic E-state index is 13.4. The van der Waals surface area contributed by atoms with Gasteiger partial charge in [0.05, 0.1) is 10.7 Å². The Morgan fingerprint density at radius 1 is 1.18 bits per heavy atom. The molecule has 1 amide bonds. The summed E-state index contributed by atoms with van der Waals surface area (Å²) in [5, 5.41) is 6.53. The van der Waals surface area contributed by atoms with Crippen molar-refractivity contribution in [2.75, 3.05) is 12.4 Å². The van der Waals surface area contributed by atoms with Crippen LogP contribution >= 0.6 is 11.6 Å². The van der Waals surface area contributed by atoms with Gasteiger partial charge in [-0.15, -0.1) is 0 Å². The Kier molecular flexibility index (Phi) is 8.39. The first-order valence-corrected chi connectivity index (χ1v) is 11.2. The van der Waals surface area contributed by atoms with Gasteiger partial charge in [0.15, 0.2) is 0 Å². The van der Waals surface area contributed by atoms with E-state index in [1.807, 2.05) is 30.3 Å². The van der Waals surface area contributed by atoms with E-state index in [2.05, 4.69) is 15.6 Å². The van der Waals surface area contributed by atoms with E-state index in [9.17, 15) is 9.18 Å². The standard InChI is InChI=1S/C25H26ClFN4O.CH4/c1-28-25(32)18-9-8-16(10-18)12-20-13-21(22(26)15-29-20)23-6-3-7-24(31-23)30-14-17-4-2-5-19(27)11-17;/h2-7,11,13,15-16,18H,8-10,12,14H2,1H3,(H,28,32)(H,30,31);1H4/t16-,18+;/m0./s1. The molecule has 3 aromatic rings. The molecule has 0 aliphatic heterocycles. The van der Waals surface area contributed by atoms with Crippen LogP contribution in [-0.2, 0) is 17.8 Å². The monoisotopic (exact) mass is 468 g/mol. The minimum absolute atomic E-state index is 0. The van der Waals surface area contributed by atoms with E-state index in [-0.39, 0.29) is 25.1 Å². The maximum Gasteiger partial charge on any atom is 0.222 e. The van der Waals surface area contributed by atoms with E-state index >= 15 is 0 Å². The SMILES string of the molecule is C.CNC(=O)[C@@H]1CC[C@H](Cc2cc(-c3cccc(NCc4cccc(F)c4)n3)c(Cl)cn2)C1. The third-order valence-corrected chi connectivity index (χ3v) is 6.26. The summed E-state index contributed by atoms with van der Waals surface area (Å²) in [5.74, 6) is 1.09. The van der Waals surface area contributed by atoms with Crippen LogP contribution in [0.3, 0.4) is 0 Å². The van der Waals surface area contributed by atoms with Crippen molar-refractivity contribution in [2.45, 2.75) is 39.7 Å². The lowest BCUT2D eigenvalue weighted by atomic mass is 9.98. The molecule has 7 heteroatoms. The fourth-order valence-corrected chi connectivity index (χ4v) is 4.51. The summed E-state index contributed by atoms with van der Waals surface area (Å²) in [6.45, 7) is 0.470. The smallest absolute Gasteiger partial charge is 0.222 e. The van der Waals surface area contributed by atoms with Crippen LogP contribution in [0.2, 0.25) is 5.02 Å². The number of carbonyl (C=O) groups is 1. The Morgan fingerprint density at radius 3 is 2.79 bits per heavy atom. The minimum atomic E-state index is -0.258. The number of nitrogens with zero attached hydrogens (tertiary/aromatic N) is 2. The maximum absolute atomic E-state index is 13.4. The molecule has 1 aromatic carbocycles. The van der Waals surface area contributed by atoms with E-state index < -0.39 is 0 Å². The number of pyridine rings is 2. The third kappa shape index (κ3) is 6.29. The predicted molar refractivity (Wildman–Crippen MR) is 132 cm³/mol. The molecule has 0 bridgehead atoms. The number of hydrogen-bond acceptors (Lipinski definition) is 4. The summed E-state index contributed by atoms with van der Waals surface area (Å²) < 4.78 is 13.4. The average molecular weight is 469 g/mol. The highest BCUT2D eigenvalue weighted by Gasteiger charge is 2.29. The van der Waals surface area contributed by atoms with Gasteiger partial charge >= 0.3 is 0 Å². The quantitative estimate of drug-likeness (QED) is 0.453. The molecule has 2 N–H and O–H groups in total. The molecule has 1 aliphatic carbocycles. The van der Waals surface area contributed by atoms with Crippen molar-refractivity contribution in [3.05, 3.63) is 76.8 Å². The van der Waals surface area contributed by atoms with Gasteiger partial charge in [0, 0.05) is 37.0 Å². The number of rotatable bonds is 7. The summed E-state index contributed by atoms with van der Waals surface area (Å²) in [6.07, 6.45) is 5.32. The predicted octanol–water partition coefficient (Wildman–Crippen LogP) is 5.89. The lowest BCUT2D eigenvalue weighted by Gasteiger charge is -2.13. The van der Waals surface area contributed by atoms with Crippen LogP contribution in [0.15, 0.2) is 54.7 Å². The van der Waals surface area contributed by atoms with Gasteiger partial charge < -0.3 is 10.6 Å². The number of benzene rings is 1. The van der Waals surface area contributed by atoms with Crippen molar-refractivity contribution in [2.24, 2.45) is 11.8 Å². The zero-order valence-electron chi connectivity index (χ0n) is 17.9. The van der Waals surface area contributed by atoms with Crippen LogP contribution in [0.4, 0.5) is 10.2 Å². The molecule has 1 aliphatic rings. The molecule has 33 heavy (non-hydrogen) atoms. The molecule has 2 aromatic heterocycles. The summed E-state index contributed by atoms with van der Waals surface area (Å²) in [6, 6.07) is 14.2. The zero-order valence-corrected chi connectivity index (χ0v) is 18.7. The van der Waals surface area contributed by atoms with Crippen molar-refractivity contribution < 1.29 is 9.18 Å². The Bertz CT molecular complexity index is 1110. The zero-order chi connectivity index (χ0) is 22.5. The lowest BCUT2D eigenvalue weighted by molar-refractivity contribution is -0.124. The van der Waals surface area contributed by atoms with Gasteiger partial charge in [-0.3, -0.25) is 9.78 Å². The molecule has 2 atom stereocenters. The fraction of sp³-hybridized carbons (Fsp3) is 0.346. The Labute approximate surface area is 199 Å². The van der Waals surface area contributed by atoms with Crippen LogP contribution in [0.25, 0.3) is 11.3 Å². The second kappa shape index (κ2) is 11.2. The van der Waals surface area contributed by atoms with Crippen LogP contribution in [-0.4, -0.2) is 22.9 Å². The van der Waals surface area contributed by atoms with Gasteiger partial charge in [-0.25, -0.2) is 9.37 Å². The summed E-state index contributed by atoms with van der Waals surface area (Å²) in [7, 11) is 1.69. The van der Waals surface area contributed by atoms with E-state index in [0.717, 1.165) is 48.2 Å². The van der Waals surface area contributed by atoms with E-state index in [4.69, 9.17) is 16.6 Å². The Balaban J connectivity index is 0.00000306. The highest BCUT2D eigenvalue weighted by molar-refractivity contribution is 6.33. The number of carbonyl (C=O) groups excluding carboxylic acids is 1. The van der Waals surface area contributed by atoms with E-state index in [0.29, 0.717) is 23.3 Å². The van der Waals surface area contributed by atoms with Crippen molar-refractivity contribution in [3.8, 4) is 11.3 Å². The van der Waals surface area contributed by atoms with Crippen molar-refractivity contribution in [1.82, 2.24) is 15.3 Å². The first-order valence-electron chi connectivity index (χ1n) is 10.8. The van der Waals surface area contributed by atoms with E-state index in [1.165, 1.54) is 12.1 Å². The van der Waals surface area contributed by atoms with Gasteiger partial charge in [-0.2, -0.15) is 0 Å². The third-order valence-electron chi connectivity index (χ3n) is 5.96. The van der Waals surface area contributed by atoms with Gasteiger partial charge in [-0.05, 0) is 67.5 Å². The van der Waals surface area contributed by atoms with Crippen LogP contribution in [0, 0.1) is 17.7 Å². The Morgan fingerprint density at radius 2 is 2.00 bits per heavy atom. The number of hydrogen-bond donors (Lipinski definition) is 2. The van der Waals surface area contributed by atoms with Crippen molar-refractivity contribution in [1.29, 1.82) is 0 Å². The fourth-order valence-electron chi connectivity index (χ4n) is 4.31. The van der Waals surface area contributed by atoms with Crippen molar-refractivity contribution in [3.63, 3.8) is 0 Å². The second-order valence-electron chi connectivity index (χ2n) is 8.24. The highest BCUT2D eigenvalue weighted by Crippen LogP contribution is 2.34. The number of anilines is 1. The van der Waals surface area contributed by atoms with Crippen LogP contribution < -0.4 is 10.6 Å². The molecule has 0 unspecified atom stereocenters. The van der Waals surface area contributed by atoms with E-state index in [1.54, 1.807) is 19.3 Å². The largest absolute Gasteiger partial charge is 0.366 e. The molecular weight excluding hydrogens is 439 g/mol. The van der Waals surface area contributed by atoms with Crippen LogP contribution in [0.5, 0.6) is 0 Å². The molecule has 174 valence electrons. The molecule has 5 nitrogen and oxygen atoms in total. The molecule has 0 spiro atoms. The van der Waals surface area contributed by atoms with Gasteiger partial charge in [0.25, 0.3) is 0 Å². The molecule has 4 rings (SSSR count). The number of aromatic nitrogens is 2.